The van der Waals surface area contributed by atoms with E-state index in [-0.39, 0.29) is 47.2 Å². The number of aromatic carboxylic acids is 1. The molecule has 1 spiro atoms. The van der Waals surface area contributed by atoms with E-state index in [1.807, 2.05) is 0 Å². The minimum atomic E-state index is -1.01. The Balaban J connectivity index is 1.32. The summed E-state index contributed by atoms with van der Waals surface area (Å²) in [4.78, 5) is 36.8. The number of carbonyl (C=O) groups is 3. The van der Waals surface area contributed by atoms with Gasteiger partial charge in [0.05, 0.1) is 29.9 Å². The third kappa shape index (κ3) is 5.85. The van der Waals surface area contributed by atoms with Crippen LogP contribution >= 0.6 is 11.8 Å². The minimum Gasteiger partial charge on any atom is -0.478 e. The highest BCUT2D eigenvalue weighted by atomic mass is 32.2. The molecule has 3 aliphatic rings. The smallest absolute Gasteiger partial charge is 0.335 e. The number of hydrogen-bond donors (Lipinski definition) is 1. The number of rotatable bonds is 11. The van der Waals surface area contributed by atoms with Gasteiger partial charge in [0.25, 0.3) is 0 Å². The first-order chi connectivity index (χ1) is 17.1. The van der Waals surface area contributed by atoms with Gasteiger partial charge < -0.3 is 24.1 Å². The van der Waals surface area contributed by atoms with Gasteiger partial charge in [0.1, 0.15) is 29.8 Å². The predicted molar refractivity (Wildman–Crippen MR) is 133 cm³/mol. The van der Waals surface area contributed by atoms with E-state index in [4.69, 9.17) is 24.1 Å². The lowest BCUT2D eigenvalue weighted by molar-refractivity contribution is -0.172. The van der Waals surface area contributed by atoms with Gasteiger partial charge >= 0.3 is 11.9 Å². The van der Waals surface area contributed by atoms with Crippen LogP contribution in [0.25, 0.3) is 0 Å². The molecule has 9 heteroatoms. The van der Waals surface area contributed by atoms with Crippen molar-refractivity contribution in [3.05, 3.63) is 41.5 Å². The highest BCUT2D eigenvalue weighted by Crippen LogP contribution is 2.59. The maximum Gasteiger partial charge on any atom is 0.335 e. The first-order valence-electron chi connectivity index (χ1n) is 12.2. The highest BCUT2D eigenvalue weighted by molar-refractivity contribution is 8.00. The van der Waals surface area contributed by atoms with Gasteiger partial charge in [-0.2, -0.15) is 0 Å². The number of ketones is 1. The van der Waals surface area contributed by atoms with Crippen molar-refractivity contribution in [3.63, 3.8) is 0 Å². The van der Waals surface area contributed by atoms with Crippen LogP contribution in [0.15, 0.2) is 40.8 Å². The lowest BCUT2D eigenvalue weighted by Crippen LogP contribution is -2.55. The first-order valence-corrected chi connectivity index (χ1v) is 13.2. The Morgan fingerprint density at radius 1 is 1.22 bits per heavy atom. The summed E-state index contributed by atoms with van der Waals surface area (Å²) in [6, 6.07) is 6.26. The summed E-state index contributed by atoms with van der Waals surface area (Å²) in [6.07, 6.45) is 3.22. The Labute approximate surface area is 215 Å². The zero-order valence-electron chi connectivity index (χ0n) is 21.2. The molecule has 1 aliphatic carbocycles. The molecule has 1 aromatic carbocycles. The molecule has 1 N–H and O–H groups in total. The molecule has 6 atom stereocenters. The van der Waals surface area contributed by atoms with Crippen LogP contribution in [0, 0.1) is 5.92 Å². The van der Waals surface area contributed by atoms with Crippen LogP contribution in [0.2, 0.25) is 0 Å². The second kappa shape index (κ2) is 10.7. The van der Waals surface area contributed by atoms with Crippen molar-refractivity contribution in [1.82, 2.24) is 0 Å². The summed E-state index contributed by atoms with van der Waals surface area (Å²) in [7, 11) is 1.62. The average molecular weight is 519 g/mol. The number of thioether (sulfide) groups is 1. The molecule has 1 saturated carbocycles. The van der Waals surface area contributed by atoms with Crippen molar-refractivity contribution in [1.29, 1.82) is 0 Å². The quantitative estimate of drug-likeness (QED) is 0.152. The summed E-state index contributed by atoms with van der Waals surface area (Å²) in [5, 5.41) is 8.98. The number of esters is 1. The largest absolute Gasteiger partial charge is 0.478 e. The Kier molecular flexibility index (Phi) is 7.95. The predicted octanol–water partition coefficient (Wildman–Crippen LogP) is 4.06. The molecule has 0 radical (unpaired) electrons. The van der Waals surface area contributed by atoms with Gasteiger partial charge in [-0.05, 0) is 64.3 Å². The first kappa shape index (κ1) is 26.9. The molecule has 3 fully saturated rings. The maximum absolute atomic E-state index is 12.7. The lowest BCUT2D eigenvalue weighted by atomic mass is 9.68. The number of epoxide rings is 2. The van der Waals surface area contributed by atoms with Crippen molar-refractivity contribution >= 4 is 29.5 Å². The van der Waals surface area contributed by atoms with Crippen molar-refractivity contribution in [2.24, 2.45) is 5.92 Å². The second-order valence-electron chi connectivity index (χ2n) is 10.2. The average Bonchev–Trinajstić information content (AvgIpc) is 3.74. The summed E-state index contributed by atoms with van der Waals surface area (Å²) in [6.45, 7) is 6.86. The molecular formula is C27H34O8S. The molecule has 8 nitrogen and oxygen atoms in total. The SMILES string of the molecule is CO[C@@H]1[C@H](OC(=O)CC(=O)CSc2ccc(C(=O)O)cc2)CC[C@]2(CO2)[C@H]1[C@]1(C)O[C@@H]1CC=C(C)C. The van der Waals surface area contributed by atoms with Gasteiger partial charge in [-0.1, -0.05) is 11.6 Å². The lowest BCUT2D eigenvalue weighted by Gasteiger charge is -2.42. The Morgan fingerprint density at radius 2 is 1.92 bits per heavy atom. The fraction of sp³-hybridized carbons (Fsp3) is 0.593. The molecule has 1 aromatic rings. The summed E-state index contributed by atoms with van der Waals surface area (Å²) in [5.74, 6) is -1.80. The summed E-state index contributed by atoms with van der Waals surface area (Å²) >= 11 is 1.26. The van der Waals surface area contributed by atoms with Gasteiger partial charge in [0.15, 0.2) is 5.78 Å². The van der Waals surface area contributed by atoms with Gasteiger partial charge in [-0.15, -0.1) is 11.8 Å². The van der Waals surface area contributed by atoms with E-state index in [0.29, 0.717) is 13.0 Å². The van der Waals surface area contributed by atoms with E-state index in [9.17, 15) is 14.4 Å². The van der Waals surface area contributed by atoms with E-state index in [1.54, 1.807) is 19.2 Å². The van der Waals surface area contributed by atoms with Crippen LogP contribution < -0.4 is 0 Å². The minimum absolute atomic E-state index is 0.0637. The van der Waals surface area contributed by atoms with E-state index < -0.39 is 23.6 Å². The van der Waals surface area contributed by atoms with E-state index in [0.717, 1.165) is 17.7 Å². The van der Waals surface area contributed by atoms with Crippen LogP contribution in [0.4, 0.5) is 0 Å². The van der Waals surface area contributed by atoms with Crippen LogP contribution in [-0.4, -0.2) is 71.8 Å². The van der Waals surface area contributed by atoms with Crippen LogP contribution in [0.3, 0.4) is 0 Å². The molecule has 4 rings (SSSR count). The molecule has 2 saturated heterocycles. The number of carboxylic acid groups (broad SMARTS) is 1. The van der Waals surface area contributed by atoms with Crippen molar-refractivity contribution < 1.29 is 38.4 Å². The molecule has 0 unspecified atom stereocenters. The van der Waals surface area contributed by atoms with Crippen molar-refractivity contribution in [2.75, 3.05) is 19.5 Å². The fourth-order valence-corrected chi connectivity index (χ4v) is 6.11. The number of Topliss-reactive ketones (excluding diaryl/α,β-unsaturated/α-hetero) is 1. The number of carboxylic acids is 1. The Hall–Kier alpha value is -2.20. The molecule has 0 bridgehead atoms. The van der Waals surface area contributed by atoms with Crippen LogP contribution in [-0.2, 0) is 28.5 Å². The van der Waals surface area contributed by atoms with Crippen LogP contribution in [0.1, 0.15) is 56.8 Å². The zero-order chi connectivity index (χ0) is 26.1. The van der Waals surface area contributed by atoms with Gasteiger partial charge in [0, 0.05) is 12.0 Å². The molecule has 2 aliphatic heterocycles. The summed E-state index contributed by atoms with van der Waals surface area (Å²) < 4.78 is 23.8. The van der Waals surface area contributed by atoms with Gasteiger partial charge in [-0.25, -0.2) is 4.79 Å². The number of allylic oxidation sites excluding steroid dienone is 1. The third-order valence-corrected chi connectivity index (χ3v) is 8.43. The monoisotopic (exact) mass is 518 g/mol. The molecular weight excluding hydrogens is 484 g/mol. The number of hydrogen-bond acceptors (Lipinski definition) is 8. The standard InChI is InChI=1S/C27H34O8S/c1-16(2)5-10-21-26(3,35-21)24-23(32-4)20(11-12-27(24)15-33-27)34-22(29)13-18(28)14-36-19-8-6-17(7-9-19)25(30)31/h5-9,20-21,23-24H,10-15H2,1-4H3,(H,30,31)/t20-,21-,23-,24-,26-,27+/m1/s1. The number of ether oxygens (including phenoxy) is 4. The normalized spacial score (nSPS) is 32.6. The molecule has 0 aromatic heterocycles. The molecule has 2 heterocycles. The van der Waals surface area contributed by atoms with E-state index >= 15 is 0 Å². The Morgan fingerprint density at radius 3 is 2.50 bits per heavy atom. The number of benzene rings is 1. The van der Waals surface area contributed by atoms with Gasteiger partial charge in [-0.3, -0.25) is 9.59 Å². The van der Waals surface area contributed by atoms with Crippen LogP contribution in [0.5, 0.6) is 0 Å². The molecule has 196 valence electrons. The van der Waals surface area contributed by atoms with E-state index in [1.165, 1.54) is 29.5 Å². The fourth-order valence-electron chi connectivity index (χ4n) is 5.35. The number of carbonyl (C=O) groups excluding carboxylic acids is 2. The van der Waals surface area contributed by atoms with Crippen molar-refractivity contribution in [3.8, 4) is 0 Å². The second-order valence-corrected chi connectivity index (χ2v) is 11.3. The zero-order valence-corrected chi connectivity index (χ0v) is 22.0. The topological polar surface area (TPSA) is 115 Å². The third-order valence-electron chi connectivity index (χ3n) is 7.36. The maximum atomic E-state index is 12.7. The highest BCUT2D eigenvalue weighted by Gasteiger charge is 2.72. The number of methoxy groups -OCH3 is 1. The van der Waals surface area contributed by atoms with E-state index in [2.05, 4.69) is 26.8 Å². The molecule has 36 heavy (non-hydrogen) atoms. The van der Waals surface area contributed by atoms with Crippen molar-refractivity contribution in [2.45, 2.75) is 80.9 Å². The van der Waals surface area contributed by atoms with Gasteiger partial charge in [0.2, 0.25) is 0 Å². The summed E-state index contributed by atoms with van der Waals surface area (Å²) in [5.41, 5.74) is 0.696. The Bertz CT molecular complexity index is 1030. The molecule has 0 amide bonds.